The smallest absolute Gasteiger partial charge is 0.407 e. The minimum Gasteiger partial charge on any atom is -0.497 e. The number of hydrogen-bond donors (Lipinski definition) is 1. The second-order valence-electron chi connectivity index (χ2n) is 4.89. The van der Waals surface area contributed by atoms with E-state index in [9.17, 15) is 9.59 Å². The van der Waals surface area contributed by atoms with Gasteiger partial charge in [-0.1, -0.05) is 12.1 Å². The number of hydrogen-bond acceptors (Lipinski definition) is 6. The molecule has 1 fully saturated rings. The Hall–Kier alpha value is -2.28. The summed E-state index contributed by atoms with van der Waals surface area (Å²) in [5.74, 6) is 0.0312. The number of amides is 1. The molecule has 22 heavy (non-hydrogen) atoms. The number of nitrogens with one attached hydrogen (secondary N) is 1. The van der Waals surface area contributed by atoms with Gasteiger partial charge >= 0.3 is 12.1 Å². The van der Waals surface area contributed by atoms with E-state index in [0.717, 1.165) is 12.8 Å². The maximum absolute atomic E-state index is 12.4. The van der Waals surface area contributed by atoms with Gasteiger partial charge in [0.05, 0.1) is 14.2 Å². The van der Waals surface area contributed by atoms with Crippen LogP contribution in [-0.4, -0.2) is 44.4 Å². The molecule has 0 bridgehead atoms. The number of benzene rings is 1. The van der Waals surface area contributed by atoms with Gasteiger partial charge in [0, 0.05) is 13.1 Å². The fraction of sp³-hybridized carbons (Fsp3) is 0.467. The average molecular weight is 308 g/mol. The van der Waals surface area contributed by atoms with Crippen LogP contribution in [0.1, 0.15) is 24.4 Å². The molecule has 0 aromatic heterocycles. The second kappa shape index (κ2) is 7.65. The molecule has 7 nitrogen and oxygen atoms in total. The molecule has 120 valence electrons. The highest BCUT2D eigenvalue weighted by Crippen LogP contribution is 2.21. The van der Waals surface area contributed by atoms with Crippen molar-refractivity contribution in [2.75, 3.05) is 27.3 Å². The van der Waals surface area contributed by atoms with E-state index in [-0.39, 0.29) is 0 Å². The number of methoxy groups -OCH3 is 2. The molecule has 1 aromatic rings. The molecule has 0 saturated carbocycles. The Labute approximate surface area is 129 Å². The van der Waals surface area contributed by atoms with E-state index in [0.29, 0.717) is 24.4 Å². The van der Waals surface area contributed by atoms with Gasteiger partial charge in [0.15, 0.2) is 6.04 Å². The maximum Gasteiger partial charge on any atom is 0.407 e. The standard InChI is InChI=1S/C15H20N2O5/c1-20-12-7-5-6-11(10-12)13(16-15(19)21-2)14(18)22-17-8-3-4-9-17/h5-7,10,13H,3-4,8-9H2,1-2H3,(H,16,19)/t13-/m0/s1. The summed E-state index contributed by atoms with van der Waals surface area (Å²) in [5.41, 5.74) is 0.564. The van der Waals surface area contributed by atoms with Crippen LogP contribution in [0.3, 0.4) is 0 Å². The normalized spacial score (nSPS) is 15.9. The lowest BCUT2D eigenvalue weighted by Gasteiger charge is -2.21. The molecule has 0 radical (unpaired) electrons. The molecule has 0 spiro atoms. The van der Waals surface area contributed by atoms with Crippen molar-refractivity contribution < 1.29 is 23.9 Å². The molecule has 0 unspecified atom stereocenters. The lowest BCUT2D eigenvalue weighted by molar-refractivity contribution is -0.188. The molecular weight excluding hydrogens is 288 g/mol. The largest absolute Gasteiger partial charge is 0.497 e. The lowest BCUT2D eigenvalue weighted by Crippen LogP contribution is -2.37. The Morgan fingerprint density at radius 1 is 1.23 bits per heavy atom. The minimum atomic E-state index is -0.955. The number of rotatable bonds is 5. The Balaban J connectivity index is 2.16. The van der Waals surface area contributed by atoms with Crippen molar-refractivity contribution in [2.45, 2.75) is 18.9 Å². The molecule has 1 aliphatic heterocycles. The fourth-order valence-corrected chi connectivity index (χ4v) is 2.24. The summed E-state index contributed by atoms with van der Waals surface area (Å²) in [6.07, 6.45) is 1.27. The van der Waals surface area contributed by atoms with Gasteiger partial charge in [0.1, 0.15) is 5.75 Å². The van der Waals surface area contributed by atoms with Gasteiger partial charge in [0.2, 0.25) is 0 Å². The summed E-state index contributed by atoms with van der Waals surface area (Å²) in [4.78, 5) is 29.2. The fourth-order valence-electron chi connectivity index (χ4n) is 2.24. The molecule has 1 aromatic carbocycles. The van der Waals surface area contributed by atoms with Gasteiger partial charge in [-0.05, 0) is 30.5 Å². The number of hydroxylamine groups is 2. The first-order chi connectivity index (χ1) is 10.6. The van der Waals surface area contributed by atoms with Crippen molar-refractivity contribution in [3.05, 3.63) is 29.8 Å². The highest BCUT2D eigenvalue weighted by atomic mass is 16.7. The minimum absolute atomic E-state index is 0.555. The van der Waals surface area contributed by atoms with Crippen LogP contribution in [-0.2, 0) is 14.4 Å². The van der Waals surface area contributed by atoms with Crippen LogP contribution in [0.15, 0.2) is 24.3 Å². The molecule has 1 atom stereocenters. The summed E-state index contributed by atoms with van der Waals surface area (Å²) in [5, 5.41) is 4.10. The van der Waals surface area contributed by atoms with Crippen LogP contribution < -0.4 is 10.1 Å². The monoisotopic (exact) mass is 308 g/mol. The third-order valence-electron chi connectivity index (χ3n) is 3.39. The molecule has 1 amide bonds. The Morgan fingerprint density at radius 2 is 1.95 bits per heavy atom. The van der Waals surface area contributed by atoms with Crippen LogP contribution in [0.25, 0.3) is 0 Å². The van der Waals surface area contributed by atoms with Gasteiger partial charge in [0.25, 0.3) is 0 Å². The summed E-state index contributed by atoms with van der Waals surface area (Å²) in [6.45, 7) is 1.41. The first kappa shape index (κ1) is 16.1. The molecule has 1 saturated heterocycles. The van der Waals surface area contributed by atoms with Crippen molar-refractivity contribution in [3.8, 4) is 5.75 Å². The zero-order valence-corrected chi connectivity index (χ0v) is 12.7. The van der Waals surface area contributed by atoms with E-state index in [2.05, 4.69) is 10.1 Å². The highest BCUT2D eigenvalue weighted by Gasteiger charge is 2.28. The van der Waals surface area contributed by atoms with E-state index >= 15 is 0 Å². The van der Waals surface area contributed by atoms with Crippen molar-refractivity contribution in [2.24, 2.45) is 0 Å². The predicted octanol–water partition coefficient (Wildman–Crippen LogP) is 1.65. The van der Waals surface area contributed by atoms with Crippen molar-refractivity contribution in [1.82, 2.24) is 10.4 Å². The SMILES string of the molecule is COC(=O)N[C@H](C(=O)ON1CCCC1)c1cccc(OC)c1. The average Bonchev–Trinajstić information content (AvgIpc) is 3.05. The molecule has 0 aliphatic carbocycles. The molecule has 1 aliphatic rings. The number of ether oxygens (including phenoxy) is 2. The number of carbonyl (C=O) groups excluding carboxylic acids is 2. The molecular formula is C15H20N2O5. The third-order valence-corrected chi connectivity index (χ3v) is 3.39. The van der Waals surface area contributed by atoms with Crippen molar-refractivity contribution >= 4 is 12.1 Å². The van der Waals surface area contributed by atoms with Gasteiger partial charge in [-0.2, -0.15) is 0 Å². The molecule has 7 heteroatoms. The zero-order valence-electron chi connectivity index (χ0n) is 12.7. The summed E-state index contributed by atoms with van der Waals surface area (Å²) in [6, 6.07) is 5.93. The summed E-state index contributed by atoms with van der Waals surface area (Å²) >= 11 is 0. The van der Waals surface area contributed by atoms with E-state index in [1.54, 1.807) is 29.3 Å². The van der Waals surface area contributed by atoms with Crippen LogP contribution in [0.4, 0.5) is 4.79 Å². The maximum atomic E-state index is 12.4. The quantitative estimate of drug-likeness (QED) is 0.891. The van der Waals surface area contributed by atoms with Crippen molar-refractivity contribution in [1.29, 1.82) is 0 Å². The number of carbonyl (C=O) groups is 2. The van der Waals surface area contributed by atoms with Gasteiger partial charge < -0.3 is 19.6 Å². The van der Waals surface area contributed by atoms with Gasteiger partial charge in [-0.15, -0.1) is 5.06 Å². The number of alkyl carbamates (subject to hydrolysis) is 1. The van der Waals surface area contributed by atoms with E-state index < -0.39 is 18.1 Å². The van der Waals surface area contributed by atoms with Crippen LogP contribution >= 0.6 is 0 Å². The third kappa shape index (κ3) is 4.11. The second-order valence-corrected chi connectivity index (χ2v) is 4.89. The first-order valence-electron chi connectivity index (χ1n) is 7.09. The Morgan fingerprint density at radius 3 is 2.59 bits per heavy atom. The van der Waals surface area contributed by atoms with Gasteiger partial charge in [-0.3, -0.25) is 0 Å². The molecule has 2 rings (SSSR count). The predicted molar refractivity (Wildman–Crippen MR) is 78.2 cm³/mol. The summed E-state index contributed by atoms with van der Waals surface area (Å²) < 4.78 is 9.72. The first-order valence-corrected chi connectivity index (χ1v) is 7.09. The highest BCUT2D eigenvalue weighted by molar-refractivity contribution is 5.82. The van der Waals surface area contributed by atoms with Crippen LogP contribution in [0.5, 0.6) is 5.75 Å². The van der Waals surface area contributed by atoms with Gasteiger partial charge in [-0.25, -0.2) is 9.59 Å². The Kier molecular flexibility index (Phi) is 5.60. The topological polar surface area (TPSA) is 77.1 Å². The summed E-state index contributed by atoms with van der Waals surface area (Å²) in [7, 11) is 2.77. The number of nitrogens with zero attached hydrogens (tertiary/aromatic N) is 1. The zero-order chi connectivity index (χ0) is 15.9. The Bertz CT molecular complexity index is 528. The van der Waals surface area contributed by atoms with E-state index in [4.69, 9.17) is 9.57 Å². The van der Waals surface area contributed by atoms with Crippen molar-refractivity contribution in [3.63, 3.8) is 0 Å². The van der Waals surface area contributed by atoms with Crippen LogP contribution in [0.2, 0.25) is 0 Å². The lowest BCUT2D eigenvalue weighted by atomic mass is 10.1. The molecule has 1 heterocycles. The van der Waals surface area contributed by atoms with E-state index in [1.807, 2.05) is 0 Å². The van der Waals surface area contributed by atoms with Crippen LogP contribution in [0, 0.1) is 0 Å². The molecule has 1 N–H and O–H groups in total. The van der Waals surface area contributed by atoms with E-state index in [1.165, 1.54) is 14.2 Å².